The molecule has 1 aromatic heterocycles. The molecule has 4 heteroatoms. The fourth-order valence-corrected chi connectivity index (χ4v) is 2.59. The van der Waals surface area contributed by atoms with Crippen LogP contribution < -0.4 is 10.1 Å². The van der Waals surface area contributed by atoms with Gasteiger partial charge in [0.25, 0.3) is 0 Å². The van der Waals surface area contributed by atoms with Gasteiger partial charge in [-0.1, -0.05) is 13.8 Å². The average molecular weight is 287 g/mol. The van der Waals surface area contributed by atoms with E-state index >= 15 is 0 Å². The number of carbonyl (C=O) groups excluding carboxylic acids is 1. The molecule has 1 heterocycles. The zero-order valence-electron chi connectivity index (χ0n) is 12.7. The number of carbonyl (C=O) groups is 1. The van der Waals surface area contributed by atoms with Crippen molar-refractivity contribution in [1.82, 2.24) is 5.32 Å². The number of nitrogens with one attached hydrogen (secondary N) is 1. The molecule has 112 valence electrons. The number of rotatable bonds is 5. The molecule has 0 spiro atoms. The predicted octanol–water partition coefficient (Wildman–Crippen LogP) is 3.40. The Labute approximate surface area is 124 Å². The van der Waals surface area contributed by atoms with Crippen molar-refractivity contribution in [2.45, 2.75) is 38.8 Å². The smallest absolute Gasteiger partial charge is 0.200 e. The number of benzene rings is 1. The fraction of sp³-hybridized carbons (Fsp3) is 0.471. The van der Waals surface area contributed by atoms with E-state index in [9.17, 15) is 4.79 Å². The van der Waals surface area contributed by atoms with Gasteiger partial charge in [0, 0.05) is 17.3 Å². The second kappa shape index (κ2) is 5.53. The maximum atomic E-state index is 12.0. The van der Waals surface area contributed by atoms with E-state index in [4.69, 9.17) is 9.15 Å². The number of furan rings is 1. The molecular weight excluding hydrogens is 266 g/mol. The van der Waals surface area contributed by atoms with Crippen molar-refractivity contribution in [3.63, 3.8) is 0 Å². The van der Waals surface area contributed by atoms with Crippen molar-refractivity contribution in [2.24, 2.45) is 5.92 Å². The minimum absolute atomic E-state index is 0.0320. The van der Waals surface area contributed by atoms with Gasteiger partial charge < -0.3 is 14.5 Å². The summed E-state index contributed by atoms with van der Waals surface area (Å²) in [7, 11) is 1.98. The van der Waals surface area contributed by atoms with E-state index in [1.807, 2.05) is 45.2 Å². The molecule has 1 saturated carbocycles. The van der Waals surface area contributed by atoms with Crippen LogP contribution in [0.4, 0.5) is 0 Å². The van der Waals surface area contributed by atoms with Crippen molar-refractivity contribution >= 4 is 16.8 Å². The molecule has 1 aliphatic rings. The molecule has 1 fully saturated rings. The van der Waals surface area contributed by atoms with E-state index in [-0.39, 0.29) is 17.8 Å². The van der Waals surface area contributed by atoms with Gasteiger partial charge in [-0.3, -0.25) is 4.79 Å². The Morgan fingerprint density at radius 2 is 2.10 bits per heavy atom. The first-order chi connectivity index (χ1) is 10.1. The maximum Gasteiger partial charge on any atom is 0.200 e. The van der Waals surface area contributed by atoms with E-state index in [1.165, 1.54) is 0 Å². The monoisotopic (exact) mass is 287 g/mol. The third-order valence-corrected chi connectivity index (χ3v) is 4.06. The topological polar surface area (TPSA) is 51.5 Å². The predicted molar refractivity (Wildman–Crippen MR) is 81.9 cm³/mol. The summed E-state index contributed by atoms with van der Waals surface area (Å²) >= 11 is 0. The summed E-state index contributed by atoms with van der Waals surface area (Å²) in [6, 6.07) is 8.10. The normalized spacial score (nSPS) is 21.5. The SMILES string of the molecule is CN[C@H]1C[C@@H](Oc2ccc3oc(C(=O)C(C)C)cc3c2)C1. The molecule has 0 amide bonds. The second-order valence-electron chi connectivity index (χ2n) is 6.03. The molecule has 2 aromatic rings. The summed E-state index contributed by atoms with van der Waals surface area (Å²) < 4.78 is 11.6. The molecular formula is C17H21NO3. The Morgan fingerprint density at radius 1 is 1.33 bits per heavy atom. The highest BCUT2D eigenvalue weighted by Crippen LogP contribution is 2.29. The number of fused-ring (bicyclic) bond motifs is 1. The van der Waals surface area contributed by atoms with Crippen molar-refractivity contribution < 1.29 is 13.9 Å². The number of Topliss-reactive ketones (excluding diaryl/α,β-unsaturated/α-hetero) is 1. The molecule has 1 N–H and O–H groups in total. The van der Waals surface area contributed by atoms with Crippen LogP contribution in [0, 0.1) is 5.92 Å². The summed E-state index contributed by atoms with van der Waals surface area (Å²) in [5.74, 6) is 1.24. The Bertz CT molecular complexity index is 653. The highest BCUT2D eigenvalue weighted by Gasteiger charge is 2.29. The van der Waals surface area contributed by atoms with Gasteiger partial charge in [0.05, 0.1) is 0 Å². The average Bonchev–Trinajstić information content (AvgIpc) is 2.84. The van der Waals surface area contributed by atoms with Crippen LogP contribution in [0.5, 0.6) is 5.75 Å². The molecule has 1 aromatic carbocycles. The van der Waals surface area contributed by atoms with Gasteiger partial charge in [-0.25, -0.2) is 0 Å². The van der Waals surface area contributed by atoms with E-state index < -0.39 is 0 Å². The Kier molecular flexibility index (Phi) is 3.72. The third kappa shape index (κ3) is 2.81. The molecule has 0 atom stereocenters. The van der Waals surface area contributed by atoms with Gasteiger partial charge in [-0.2, -0.15) is 0 Å². The summed E-state index contributed by atoms with van der Waals surface area (Å²) in [6.45, 7) is 3.75. The van der Waals surface area contributed by atoms with Crippen molar-refractivity contribution in [3.8, 4) is 5.75 Å². The lowest BCUT2D eigenvalue weighted by molar-refractivity contribution is 0.0886. The van der Waals surface area contributed by atoms with Crippen LogP contribution in [-0.2, 0) is 0 Å². The van der Waals surface area contributed by atoms with Crippen LogP contribution in [0.15, 0.2) is 28.7 Å². The standard InChI is InChI=1S/C17H21NO3/c1-10(2)17(19)16-7-11-6-13(4-5-15(11)21-16)20-14-8-12(9-14)18-3/h4-7,10,12,14,18H,8-9H2,1-3H3/t12-,14+. The molecule has 0 radical (unpaired) electrons. The quantitative estimate of drug-likeness (QED) is 0.856. The Balaban J connectivity index is 1.76. The number of ether oxygens (including phenoxy) is 1. The van der Waals surface area contributed by atoms with E-state index in [2.05, 4.69) is 5.32 Å². The Hall–Kier alpha value is -1.81. The first kappa shape index (κ1) is 14.1. The molecule has 21 heavy (non-hydrogen) atoms. The molecule has 0 unspecified atom stereocenters. The fourth-order valence-electron chi connectivity index (χ4n) is 2.59. The molecule has 1 aliphatic carbocycles. The van der Waals surface area contributed by atoms with Crippen LogP contribution in [0.3, 0.4) is 0 Å². The molecule has 0 saturated heterocycles. The lowest BCUT2D eigenvalue weighted by Gasteiger charge is -2.35. The number of hydrogen-bond donors (Lipinski definition) is 1. The maximum absolute atomic E-state index is 12.0. The minimum Gasteiger partial charge on any atom is -0.490 e. The minimum atomic E-state index is -0.0604. The van der Waals surface area contributed by atoms with Gasteiger partial charge in [-0.15, -0.1) is 0 Å². The van der Waals surface area contributed by atoms with Crippen LogP contribution in [0.2, 0.25) is 0 Å². The van der Waals surface area contributed by atoms with Gasteiger partial charge in [0.1, 0.15) is 17.4 Å². The van der Waals surface area contributed by atoms with E-state index in [0.717, 1.165) is 29.6 Å². The first-order valence-electron chi connectivity index (χ1n) is 7.48. The van der Waals surface area contributed by atoms with Gasteiger partial charge >= 0.3 is 0 Å². The van der Waals surface area contributed by atoms with Gasteiger partial charge in [-0.05, 0) is 44.2 Å². The molecule has 0 aliphatic heterocycles. The van der Waals surface area contributed by atoms with Crippen molar-refractivity contribution in [1.29, 1.82) is 0 Å². The van der Waals surface area contributed by atoms with Crippen LogP contribution in [0.1, 0.15) is 37.2 Å². The largest absolute Gasteiger partial charge is 0.490 e. The molecule has 3 rings (SSSR count). The number of ketones is 1. The molecule has 4 nitrogen and oxygen atoms in total. The third-order valence-electron chi connectivity index (χ3n) is 4.06. The van der Waals surface area contributed by atoms with Crippen LogP contribution >= 0.6 is 0 Å². The summed E-state index contributed by atoms with van der Waals surface area (Å²) in [6.07, 6.45) is 2.36. The lowest BCUT2D eigenvalue weighted by atomic mass is 9.89. The highest BCUT2D eigenvalue weighted by molar-refractivity contribution is 5.98. The first-order valence-corrected chi connectivity index (χ1v) is 7.48. The van der Waals surface area contributed by atoms with E-state index in [1.54, 1.807) is 0 Å². The zero-order valence-corrected chi connectivity index (χ0v) is 12.7. The summed E-state index contributed by atoms with van der Waals surface area (Å²) in [5, 5.41) is 4.16. The van der Waals surface area contributed by atoms with Crippen LogP contribution in [-0.4, -0.2) is 25.0 Å². The molecule has 0 bridgehead atoms. The number of hydrogen-bond acceptors (Lipinski definition) is 4. The lowest BCUT2D eigenvalue weighted by Crippen LogP contribution is -2.45. The van der Waals surface area contributed by atoms with Gasteiger partial charge in [0.15, 0.2) is 5.76 Å². The highest BCUT2D eigenvalue weighted by atomic mass is 16.5. The van der Waals surface area contributed by atoms with Crippen molar-refractivity contribution in [2.75, 3.05) is 7.05 Å². The van der Waals surface area contributed by atoms with E-state index in [0.29, 0.717) is 11.8 Å². The second-order valence-corrected chi connectivity index (χ2v) is 6.03. The Morgan fingerprint density at radius 3 is 2.76 bits per heavy atom. The van der Waals surface area contributed by atoms with Crippen LogP contribution in [0.25, 0.3) is 11.0 Å². The van der Waals surface area contributed by atoms with Crippen molar-refractivity contribution in [3.05, 3.63) is 30.0 Å². The van der Waals surface area contributed by atoms with Gasteiger partial charge in [0.2, 0.25) is 5.78 Å². The summed E-state index contributed by atoms with van der Waals surface area (Å²) in [4.78, 5) is 12.0. The zero-order chi connectivity index (χ0) is 15.0. The summed E-state index contributed by atoms with van der Waals surface area (Å²) in [5.41, 5.74) is 0.730.